The third kappa shape index (κ3) is 7.94. The van der Waals surface area contributed by atoms with Gasteiger partial charge < -0.3 is 4.74 Å². The van der Waals surface area contributed by atoms with Crippen molar-refractivity contribution < 1.29 is 9.53 Å². The first-order valence-corrected chi connectivity index (χ1v) is 10.4. The first-order valence-electron chi connectivity index (χ1n) is 9.44. The fourth-order valence-corrected chi connectivity index (χ4v) is 3.90. The molecular weight excluding hydrogens is 376 g/mol. The summed E-state index contributed by atoms with van der Waals surface area (Å²) in [5.74, 6) is 1.61. The number of halogens is 1. The number of esters is 1. The second kappa shape index (κ2) is 10.4. The SMILES string of the molecule is CC(=O)OCC(Br)C(C)=CC=CC(C)C=CC1C(C)CCCC1(C)C. The molecule has 4 unspecified atom stereocenters. The number of hydrogen-bond donors (Lipinski definition) is 0. The molecule has 0 heterocycles. The van der Waals surface area contributed by atoms with Gasteiger partial charge in [-0.05, 0) is 36.5 Å². The van der Waals surface area contributed by atoms with E-state index in [0.29, 0.717) is 23.9 Å². The zero-order valence-corrected chi connectivity index (χ0v) is 18.3. The van der Waals surface area contributed by atoms with Gasteiger partial charge in [-0.2, -0.15) is 0 Å². The third-order valence-electron chi connectivity index (χ3n) is 5.32. The van der Waals surface area contributed by atoms with Crippen molar-refractivity contribution in [3.63, 3.8) is 0 Å². The number of hydrogen-bond acceptors (Lipinski definition) is 2. The van der Waals surface area contributed by atoms with Crippen LogP contribution in [-0.4, -0.2) is 17.4 Å². The summed E-state index contributed by atoms with van der Waals surface area (Å²) >= 11 is 3.55. The fraction of sp³-hybridized carbons (Fsp3) is 0.682. The van der Waals surface area contributed by atoms with Crippen LogP contribution in [0.25, 0.3) is 0 Å². The molecule has 0 amide bonds. The Morgan fingerprint density at radius 2 is 2.00 bits per heavy atom. The number of carbonyl (C=O) groups excluding carboxylic acids is 1. The molecule has 0 N–H and O–H groups in total. The van der Waals surface area contributed by atoms with Crippen LogP contribution in [0.4, 0.5) is 0 Å². The molecule has 0 bridgehead atoms. The molecular formula is C22H35BrO2. The van der Waals surface area contributed by atoms with Crippen LogP contribution in [0.5, 0.6) is 0 Å². The van der Waals surface area contributed by atoms with E-state index in [2.05, 4.69) is 74.0 Å². The number of ether oxygens (including phenoxy) is 1. The predicted octanol–water partition coefficient (Wildman–Crippen LogP) is 6.47. The molecule has 1 aliphatic rings. The van der Waals surface area contributed by atoms with Crippen LogP contribution >= 0.6 is 15.9 Å². The molecule has 25 heavy (non-hydrogen) atoms. The summed E-state index contributed by atoms with van der Waals surface area (Å²) in [6.07, 6.45) is 15.2. The van der Waals surface area contributed by atoms with Gasteiger partial charge in [-0.1, -0.05) is 92.4 Å². The Labute approximate surface area is 162 Å². The number of allylic oxidation sites excluding steroid dienone is 5. The Kier molecular flexibility index (Phi) is 9.20. The average Bonchev–Trinajstić information content (AvgIpc) is 2.51. The lowest BCUT2D eigenvalue weighted by molar-refractivity contribution is -0.140. The largest absolute Gasteiger partial charge is 0.464 e. The predicted molar refractivity (Wildman–Crippen MR) is 111 cm³/mol. The van der Waals surface area contributed by atoms with Gasteiger partial charge in [-0.25, -0.2) is 0 Å². The van der Waals surface area contributed by atoms with E-state index in [9.17, 15) is 4.79 Å². The van der Waals surface area contributed by atoms with Gasteiger partial charge in [0.1, 0.15) is 6.61 Å². The molecule has 1 saturated carbocycles. The molecule has 0 aromatic carbocycles. The normalized spacial score (nSPS) is 26.8. The Hall–Kier alpha value is -0.830. The molecule has 0 aromatic heterocycles. The first kappa shape index (κ1) is 22.2. The quantitative estimate of drug-likeness (QED) is 0.208. The van der Waals surface area contributed by atoms with Crippen molar-refractivity contribution in [2.24, 2.45) is 23.2 Å². The van der Waals surface area contributed by atoms with Crippen molar-refractivity contribution in [2.45, 2.75) is 65.6 Å². The monoisotopic (exact) mass is 410 g/mol. The third-order valence-corrected chi connectivity index (χ3v) is 6.31. The highest BCUT2D eigenvalue weighted by molar-refractivity contribution is 9.09. The second-order valence-electron chi connectivity index (χ2n) is 8.19. The summed E-state index contributed by atoms with van der Waals surface area (Å²) in [7, 11) is 0. The highest BCUT2D eigenvalue weighted by Crippen LogP contribution is 2.44. The molecule has 1 aliphatic carbocycles. The topological polar surface area (TPSA) is 26.3 Å². The van der Waals surface area contributed by atoms with Crippen LogP contribution in [0.2, 0.25) is 0 Å². The van der Waals surface area contributed by atoms with E-state index in [0.717, 1.165) is 11.5 Å². The van der Waals surface area contributed by atoms with Gasteiger partial charge in [0.2, 0.25) is 0 Å². The van der Waals surface area contributed by atoms with Crippen molar-refractivity contribution in [1.82, 2.24) is 0 Å². The Bertz CT molecular complexity index is 516. The number of carbonyl (C=O) groups is 1. The van der Waals surface area contributed by atoms with Crippen LogP contribution in [0.3, 0.4) is 0 Å². The lowest BCUT2D eigenvalue weighted by atomic mass is 9.64. The maximum atomic E-state index is 10.9. The second-order valence-corrected chi connectivity index (χ2v) is 9.30. The molecule has 1 rings (SSSR count). The van der Waals surface area contributed by atoms with Crippen LogP contribution in [-0.2, 0) is 9.53 Å². The molecule has 142 valence electrons. The molecule has 0 spiro atoms. The highest BCUT2D eigenvalue weighted by atomic mass is 79.9. The molecule has 0 aromatic rings. The summed E-state index contributed by atoms with van der Waals surface area (Å²) in [5.41, 5.74) is 1.56. The number of rotatable bonds is 7. The van der Waals surface area contributed by atoms with Gasteiger partial charge in [0.15, 0.2) is 0 Å². The maximum Gasteiger partial charge on any atom is 0.302 e. The van der Waals surface area contributed by atoms with Crippen LogP contribution in [0.1, 0.15) is 60.8 Å². The Balaban J connectivity index is 2.57. The summed E-state index contributed by atoms with van der Waals surface area (Å²) in [5, 5.41) is 0. The minimum absolute atomic E-state index is 0.0655. The van der Waals surface area contributed by atoms with Crippen molar-refractivity contribution in [3.8, 4) is 0 Å². The van der Waals surface area contributed by atoms with E-state index in [1.807, 2.05) is 6.92 Å². The van der Waals surface area contributed by atoms with Gasteiger partial charge in [0.05, 0.1) is 4.83 Å². The van der Waals surface area contributed by atoms with Crippen LogP contribution < -0.4 is 0 Å². The van der Waals surface area contributed by atoms with Gasteiger partial charge in [-0.15, -0.1) is 0 Å². The van der Waals surface area contributed by atoms with Gasteiger partial charge >= 0.3 is 5.97 Å². The molecule has 0 radical (unpaired) electrons. The summed E-state index contributed by atoms with van der Waals surface area (Å²) < 4.78 is 5.03. The van der Waals surface area contributed by atoms with E-state index in [-0.39, 0.29) is 10.8 Å². The standard InChI is InChI=1S/C22H35BrO2/c1-16(9-7-10-18(3)21(23)15-25-19(4)24)12-13-20-17(2)11-8-14-22(20,5)6/h7,9-10,12-13,16-17,20-21H,8,11,14-15H2,1-6H3. The highest BCUT2D eigenvalue weighted by Gasteiger charge is 2.34. The molecule has 2 nitrogen and oxygen atoms in total. The van der Waals surface area contributed by atoms with Crippen molar-refractivity contribution in [1.29, 1.82) is 0 Å². The molecule has 3 heteroatoms. The summed E-state index contributed by atoms with van der Waals surface area (Å²) in [6.45, 7) is 13.3. The smallest absolute Gasteiger partial charge is 0.302 e. The lowest BCUT2D eigenvalue weighted by Crippen LogP contribution is -2.32. The summed E-state index contributed by atoms with van der Waals surface area (Å²) in [4.78, 5) is 10.9. The lowest BCUT2D eigenvalue weighted by Gasteiger charge is -2.41. The van der Waals surface area contributed by atoms with E-state index < -0.39 is 0 Å². The van der Waals surface area contributed by atoms with Crippen molar-refractivity contribution >= 4 is 21.9 Å². The summed E-state index contributed by atoms with van der Waals surface area (Å²) in [6, 6.07) is 0. The van der Waals surface area contributed by atoms with Crippen molar-refractivity contribution in [2.75, 3.05) is 6.61 Å². The van der Waals surface area contributed by atoms with Gasteiger partial charge in [0.25, 0.3) is 0 Å². The minimum Gasteiger partial charge on any atom is -0.464 e. The Morgan fingerprint density at radius 1 is 1.32 bits per heavy atom. The molecule has 0 aliphatic heterocycles. The van der Waals surface area contributed by atoms with E-state index in [4.69, 9.17) is 4.74 Å². The minimum atomic E-state index is -0.244. The van der Waals surface area contributed by atoms with Crippen LogP contribution in [0.15, 0.2) is 36.0 Å². The van der Waals surface area contributed by atoms with Gasteiger partial charge in [-0.3, -0.25) is 4.79 Å². The van der Waals surface area contributed by atoms with Gasteiger partial charge in [0, 0.05) is 6.92 Å². The zero-order valence-electron chi connectivity index (χ0n) is 16.7. The fourth-order valence-electron chi connectivity index (χ4n) is 3.61. The van der Waals surface area contributed by atoms with Crippen molar-refractivity contribution in [3.05, 3.63) is 36.0 Å². The average molecular weight is 411 g/mol. The zero-order chi connectivity index (χ0) is 19.0. The van der Waals surface area contributed by atoms with E-state index >= 15 is 0 Å². The number of alkyl halides is 1. The molecule has 1 fully saturated rings. The van der Waals surface area contributed by atoms with E-state index in [1.54, 1.807) is 0 Å². The molecule has 4 atom stereocenters. The van der Waals surface area contributed by atoms with E-state index in [1.165, 1.54) is 26.2 Å². The maximum absolute atomic E-state index is 10.9. The Morgan fingerprint density at radius 3 is 2.60 bits per heavy atom. The van der Waals surface area contributed by atoms with Crippen LogP contribution in [0, 0.1) is 23.2 Å². The molecule has 0 saturated heterocycles. The first-order chi connectivity index (χ1) is 11.6.